The van der Waals surface area contributed by atoms with Gasteiger partial charge in [0.25, 0.3) is 0 Å². The lowest BCUT2D eigenvalue weighted by molar-refractivity contribution is -0.118. The van der Waals surface area contributed by atoms with Crippen molar-refractivity contribution in [1.82, 2.24) is 0 Å². The standard InChI is InChI=1S/C22H27N3O2/c1-24(19-8-3-2-4-9-19)22(27)11-7-10-21(26)23-18-12-14-20(15-13-18)25-16-5-6-17-25/h2-4,8-9,12-15H,5-7,10-11,16-17H2,1H3,(H,23,26). The number of nitrogens with one attached hydrogen (secondary N) is 1. The zero-order valence-electron chi connectivity index (χ0n) is 15.9. The SMILES string of the molecule is CN(C(=O)CCCC(=O)Nc1ccc(N2CCCC2)cc1)c1ccccc1. The molecular weight excluding hydrogens is 338 g/mol. The van der Waals surface area contributed by atoms with Crippen LogP contribution in [0.3, 0.4) is 0 Å². The van der Waals surface area contributed by atoms with Crippen molar-refractivity contribution < 1.29 is 9.59 Å². The highest BCUT2D eigenvalue weighted by Crippen LogP contribution is 2.22. The summed E-state index contributed by atoms with van der Waals surface area (Å²) in [6.45, 7) is 2.22. The van der Waals surface area contributed by atoms with Crippen molar-refractivity contribution in [2.75, 3.05) is 35.3 Å². The second-order valence-corrected chi connectivity index (χ2v) is 6.93. The fraction of sp³-hybridized carbons (Fsp3) is 0.364. The summed E-state index contributed by atoms with van der Waals surface area (Å²) in [5.41, 5.74) is 2.88. The molecule has 0 atom stereocenters. The van der Waals surface area contributed by atoms with E-state index in [1.54, 1.807) is 11.9 Å². The van der Waals surface area contributed by atoms with Crippen molar-refractivity contribution in [3.63, 3.8) is 0 Å². The number of benzene rings is 2. The average molecular weight is 365 g/mol. The average Bonchev–Trinajstić information content (AvgIpc) is 3.23. The zero-order chi connectivity index (χ0) is 19.1. The van der Waals surface area contributed by atoms with Crippen LogP contribution in [0.2, 0.25) is 0 Å². The number of para-hydroxylation sites is 1. The predicted octanol–water partition coefficient (Wildman–Crippen LogP) is 4.06. The van der Waals surface area contributed by atoms with Crippen LogP contribution in [0.5, 0.6) is 0 Å². The maximum atomic E-state index is 12.2. The van der Waals surface area contributed by atoms with Crippen LogP contribution < -0.4 is 15.1 Å². The van der Waals surface area contributed by atoms with Crippen molar-refractivity contribution in [3.8, 4) is 0 Å². The lowest BCUT2D eigenvalue weighted by Crippen LogP contribution is -2.26. The fourth-order valence-electron chi connectivity index (χ4n) is 3.32. The first-order chi connectivity index (χ1) is 13.1. The molecule has 27 heavy (non-hydrogen) atoms. The van der Waals surface area contributed by atoms with Gasteiger partial charge in [0.1, 0.15) is 0 Å². The third kappa shape index (κ3) is 5.33. The molecule has 1 aliphatic rings. The van der Waals surface area contributed by atoms with Crippen molar-refractivity contribution >= 4 is 28.9 Å². The molecule has 0 radical (unpaired) electrons. The van der Waals surface area contributed by atoms with Gasteiger partial charge in [0.15, 0.2) is 0 Å². The van der Waals surface area contributed by atoms with Gasteiger partial charge in [-0.25, -0.2) is 0 Å². The maximum Gasteiger partial charge on any atom is 0.226 e. The van der Waals surface area contributed by atoms with E-state index in [2.05, 4.69) is 22.3 Å². The summed E-state index contributed by atoms with van der Waals surface area (Å²) in [7, 11) is 1.76. The Morgan fingerprint density at radius 1 is 0.963 bits per heavy atom. The summed E-state index contributed by atoms with van der Waals surface area (Å²) in [6.07, 6.45) is 3.72. The van der Waals surface area contributed by atoms with E-state index in [9.17, 15) is 9.59 Å². The Morgan fingerprint density at radius 3 is 2.30 bits per heavy atom. The molecule has 1 saturated heterocycles. The summed E-state index contributed by atoms with van der Waals surface area (Å²) >= 11 is 0. The molecule has 1 aliphatic heterocycles. The van der Waals surface area contributed by atoms with Gasteiger partial charge in [0.05, 0.1) is 0 Å². The summed E-state index contributed by atoms with van der Waals surface area (Å²) in [5, 5.41) is 2.91. The Balaban J connectivity index is 1.41. The highest BCUT2D eigenvalue weighted by atomic mass is 16.2. The van der Waals surface area contributed by atoms with Crippen LogP contribution in [0.1, 0.15) is 32.1 Å². The van der Waals surface area contributed by atoms with E-state index in [-0.39, 0.29) is 11.8 Å². The minimum atomic E-state index is -0.0564. The summed E-state index contributed by atoms with van der Waals surface area (Å²) < 4.78 is 0. The molecular formula is C22H27N3O2. The topological polar surface area (TPSA) is 52.7 Å². The zero-order valence-corrected chi connectivity index (χ0v) is 15.9. The van der Waals surface area contributed by atoms with Crippen LogP contribution in [0, 0.1) is 0 Å². The lowest BCUT2D eigenvalue weighted by atomic mass is 10.2. The van der Waals surface area contributed by atoms with Crippen molar-refractivity contribution in [2.45, 2.75) is 32.1 Å². The Kier molecular flexibility index (Phi) is 6.47. The van der Waals surface area contributed by atoms with Crippen molar-refractivity contribution in [3.05, 3.63) is 54.6 Å². The summed E-state index contributed by atoms with van der Waals surface area (Å²) in [5.74, 6) is -0.0388. The molecule has 0 spiro atoms. The van der Waals surface area contributed by atoms with E-state index in [1.165, 1.54) is 18.5 Å². The normalized spacial score (nSPS) is 13.4. The largest absolute Gasteiger partial charge is 0.372 e. The van der Waals surface area contributed by atoms with Crippen LogP contribution in [0.4, 0.5) is 17.1 Å². The van der Waals surface area contributed by atoms with Gasteiger partial charge < -0.3 is 15.1 Å². The van der Waals surface area contributed by atoms with E-state index < -0.39 is 0 Å². The van der Waals surface area contributed by atoms with Crippen LogP contribution >= 0.6 is 0 Å². The molecule has 3 rings (SSSR count). The molecule has 2 aromatic rings. The fourth-order valence-corrected chi connectivity index (χ4v) is 3.32. The van der Waals surface area contributed by atoms with Crippen LogP contribution in [0.15, 0.2) is 54.6 Å². The highest BCUT2D eigenvalue weighted by Gasteiger charge is 2.13. The minimum Gasteiger partial charge on any atom is -0.372 e. The third-order valence-corrected chi connectivity index (χ3v) is 4.93. The monoisotopic (exact) mass is 365 g/mol. The highest BCUT2D eigenvalue weighted by molar-refractivity contribution is 5.94. The van der Waals surface area contributed by atoms with Gasteiger partial charge in [0.2, 0.25) is 11.8 Å². The molecule has 1 N–H and O–H groups in total. The number of carbonyl (C=O) groups excluding carboxylic acids is 2. The minimum absolute atomic E-state index is 0.0176. The molecule has 0 aromatic heterocycles. The van der Waals surface area contributed by atoms with Gasteiger partial charge in [-0.3, -0.25) is 9.59 Å². The molecule has 0 bridgehead atoms. The van der Waals surface area contributed by atoms with Crippen LogP contribution in [-0.4, -0.2) is 32.0 Å². The second kappa shape index (κ2) is 9.21. The van der Waals surface area contributed by atoms with E-state index in [0.717, 1.165) is 24.5 Å². The quantitative estimate of drug-likeness (QED) is 0.805. The predicted molar refractivity (Wildman–Crippen MR) is 110 cm³/mol. The van der Waals surface area contributed by atoms with Crippen LogP contribution in [0.25, 0.3) is 0 Å². The lowest BCUT2D eigenvalue weighted by Gasteiger charge is -2.18. The first-order valence-corrected chi connectivity index (χ1v) is 9.60. The Hall–Kier alpha value is -2.82. The van der Waals surface area contributed by atoms with E-state index in [1.807, 2.05) is 42.5 Å². The molecule has 1 heterocycles. The molecule has 2 amide bonds. The molecule has 5 nitrogen and oxygen atoms in total. The Bertz CT molecular complexity index is 753. The van der Waals surface area contributed by atoms with Crippen LogP contribution in [-0.2, 0) is 9.59 Å². The van der Waals surface area contributed by atoms with Gasteiger partial charge >= 0.3 is 0 Å². The van der Waals surface area contributed by atoms with E-state index in [0.29, 0.717) is 19.3 Å². The second-order valence-electron chi connectivity index (χ2n) is 6.93. The number of carbonyl (C=O) groups is 2. The molecule has 0 unspecified atom stereocenters. The molecule has 142 valence electrons. The number of hydrogen-bond acceptors (Lipinski definition) is 3. The number of nitrogens with zero attached hydrogens (tertiary/aromatic N) is 2. The first kappa shape index (κ1) is 19.0. The van der Waals surface area contributed by atoms with Gasteiger partial charge in [-0.05, 0) is 55.7 Å². The Labute approximate surface area is 161 Å². The van der Waals surface area contributed by atoms with Crippen molar-refractivity contribution in [1.29, 1.82) is 0 Å². The molecule has 0 saturated carbocycles. The van der Waals surface area contributed by atoms with Gasteiger partial charge in [-0.1, -0.05) is 18.2 Å². The maximum absolute atomic E-state index is 12.2. The molecule has 0 aliphatic carbocycles. The molecule has 5 heteroatoms. The first-order valence-electron chi connectivity index (χ1n) is 9.60. The number of anilines is 3. The van der Waals surface area contributed by atoms with Gasteiger partial charge in [-0.2, -0.15) is 0 Å². The van der Waals surface area contributed by atoms with E-state index in [4.69, 9.17) is 0 Å². The molecule has 2 aromatic carbocycles. The number of rotatable bonds is 7. The number of amides is 2. The van der Waals surface area contributed by atoms with Gasteiger partial charge in [-0.15, -0.1) is 0 Å². The van der Waals surface area contributed by atoms with E-state index >= 15 is 0 Å². The molecule has 1 fully saturated rings. The Morgan fingerprint density at radius 2 is 1.63 bits per heavy atom. The smallest absolute Gasteiger partial charge is 0.226 e. The van der Waals surface area contributed by atoms with Crippen molar-refractivity contribution in [2.24, 2.45) is 0 Å². The summed E-state index contributed by atoms with van der Waals surface area (Å²) in [4.78, 5) is 28.4. The summed E-state index contributed by atoms with van der Waals surface area (Å²) in [6, 6.07) is 17.5. The third-order valence-electron chi connectivity index (χ3n) is 4.93. The number of hydrogen-bond donors (Lipinski definition) is 1. The van der Waals surface area contributed by atoms with Gasteiger partial charge in [0, 0.05) is 50.0 Å².